The molecule has 0 N–H and O–H groups in total. The van der Waals surface area contributed by atoms with Crippen LogP contribution in [0.5, 0.6) is 11.8 Å². The standard InChI is InChI=1S/C9H10N2O2.C6H4N2O2/c1-6-3-4-10-9-8(6)7(5-13-9)11-12-2;9-5-3-10-6-4(5)1-2-7-8-6/h3-4H,5H2,1-2H3;1-2H,3H2. The van der Waals surface area contributed by atoms with Gasteiger partial charge in [0.2, 0.25) is 17.5 Å². The summed E-state index contributed by atoms with van der Waals surface area (Å²) in [6.07, 6.45) is 3.20. The number of pyridine rings is 1. The molecule has 8 heteroatoms. The largest absolute Gasteiger partial charge is 0.471 e. The zero-order valence-electron chi connectivity index (χ0n) is 12.6. The van der Waals surface area contributed by atoms with Crippen molar-refractivity contribution in [3.63, 3.8) is 0 Å². The van der Waals surface area contributed by atoms with Crippen molar-refractivity contribution < 1.29 is 19.1 Å². The molecular weight excluding hydrogens is 300 g/mol. The molecule has 0 bridgehead atoms. The van der Waals surface area contributed by atoms with Gasteiger partial charge in [0, 0.05) is 6.20 Å². The lowest BCUT2D eigenvalue weighted by Crippen LogP contribution is -2.03. The summed E-state index contributed by atoms with van der Waals surface area (Å²) in [5, 5.41) is 11.1. The van der Waals surface area contributed by atoms with Gasteiger partial charge in [-0.3, -0.25) is 4.79 Å². The van der Waals surface area contributed by atoms with Crippen LogP contribution in [0.15, 0.2) is 29.7 Å². The van der Waals surface area contributed by atoms with Gasteiger partial charge in [0.1, 0.15) is 19.4 Å². The molecular formula is C15H14N4O4. The minimum atomic E-state index is -0.0232. The number of ether oxygens (including phenoxy) is 2. The predicted octanol–water partition coefficient (Wildman–Crippen LogP) is 1.18. The van der Waals surface area contributed by atoms with Crippen LogP contribution in [0.1, 0.15) is 21.5 Å². The van der Waals surface area contributed by atoms with Gasteiger partial charge in [-0.15, -0.1) is 5.10 Å². The third-order valence-electron chi connectivity index (χ3n) is 3.29. The van der Waals surface area contributed by atoms with E-state index in [1.54, 1.807) is 12.3 Å². The van der Waals surface area contributed by atoms with E-state index in [2.05, 4.69) is 20.3 Å². The van der Waals surface area contributed by atoms with E-state index in [-0.39, 0.29) is 12.4 Å². The second-order valence-electron chi connectivity index (χ2n) is 4.78. The Kier molecular flexibility index (Phi) is 4.13. The number of Topliss-reactive ketones (excluding diaryl/α,β-unsaturated/α-hetero) is 1. The van der Waals surface area contributed by atoms with Crippen LogP contribution in [0.2, 0.25) is 0 Å². The molecule has 0 amide bonds. The maximum Gasteiger partial charge on any atom is 0.244 e. The van der Waals surface area contributed by atoms with Crippen LogP contribution in [-0.2, 0) is 4.84 Å². The highest BCUT2D eigenvalue weighted by atomic mass is 16.6. The minimum absolute atomic E-state index is 0.0232. The number of aryl methyl sites for hydroxylation is 1. The molecule has 4 heterocycles. The van der Waals surface area contributed by atoms with Crippen molar-refractivity contribution in [1.82, 2.24) is 15.2 Å². The summed E-state index contributed by atoms with van der Waals surface area (Å²) in [5.74, 6) is 0.980. The molecule has 0 saturated heterocycles. The van der Waals surface area contributed by atoms with Crippen molar-refractivity contribution >= 4 is 11.5 Å². The van der Waals surface area contributed by atoms with E-state index < -0.39 is 0 Å². The van der Waals surface area contributed by atoms with Crippen molar-refractivity contribution in [2.75, 3.05) is 20.3 Å². The van der Waals surface area contributed by atoms with Crippen molar-refractivity contribution in [2.24, 2.45) is 5.16 Å². The Bertz CT molecular complexity index is 776. The van der Waals surface area contributed by atoms with E-state index in [1.807, 2.05) is 13.0 Å². The summed E-state index contributed by atoms with van der Waals surface area (Å²) in [7, 11) is 1.52. The second kappa shape index (κ2) is 6.39. The molecule has 0 atom stereocenters. The summed E-state index contributed by atoms with van der Waals surface area (Å²) < 4.78 is 10.2. The monoisotopic (exact) mass is 314 g/mol. The molecule has 118 valence electrons. The topological polar surface area (TPSA) is 95.8 Å². The van der Waals surface area contributed by atoms with Crippen molar-refractivity contribution in [3.05, 3.63) is 41.2 Å². The first-order valence-corrected chi connectivity index (χ1v) is 6.87. The second-order valence-corrected chi connectivity index (χ2v) is 4.78. The summed E-state index contributed by atoms with van der Waals surface area (Å²) in [6, 6.07) is 3.54. The molecule has 2 aliphatic heterocycles. The zero-order valence-corrected chi connectivity index (χ0v) is 12.6. The van der Waals surface area contributed by atoms with Gasteiger partial charge in [0.15, 0.2) is 6.61 Å². The van der Waals surface area contributed by atoms with Gasteiger partial charge in [0.05, 0.1) is 17.3 Å². The normalized spacial score (nSPS) is 15.9. The Morgan fingerprint density at radius 3 is 2.78 bits per heavy atom. The molecule has 0 radical (unpaired) electrons. The van der Waals surface area contributed by atoms with E-state index in [0.29, 0.717) is 23.9 Å². The van der Waals surface area contributed by atoms with Crippen molar-refractivity contribution in [2.45, 2.75) is 6.92 Å². The number of carbonyl (C=O) groups is 1. The molecule has 0 aliphatic carbocycles. The number of ketones is 1. The fraction of sp³-hybridized carbons (Fsp3) is 0.267. The smallest absolute Gasteiger partial charge is 0.244 e. The molecule has 0 saturated carbocycles. The van der Waals surface area contributed by atoms with E-state index in [1.165, 1.54) is 13.3 Å². The van der Waals surface area contributed by atoms with Gasteiger partial charge in [0.25, 0.3) is 0 Å². The fourth-order valence-electron chi connectivity index (χ4n) is 2.23. The van der Waals surface area contributed by atoms with Gasteiger partial charge in [-0.05, 0) is 24.6 Å². The number of fused-ring (bicyclic) bond motifs is 2. The highest BCUT2D eigenvalue weighted by Gasteiger charge is 2.23. The lowest BCUT2D eigenvalue weighted by Gasteiger charge is -1.99. The quantitative estimate of drug-likeness (QED) is 0.729. The van der Waals surface area contributed by atoms with Gasteiger partial charge in [-0.1, -0.05) is 5.16 Å². The van der Waals surface area contributed by atoms with Crippen molar-refractivity contribution in [3.8, 4) is 11.8 Å². The lowest BCUT2D eigenvalue weighted by molar-refractivity contribution is 0.0960. The van der Waals surface area contributed by atoms with Crippen LogP contribution >= 0.6 is 0 Å². The predicted molar refractivity (Wildman–Crippen MR) is 79.9 cm³/mol. The number of hydrogen-bond acceptors (Lipinski definition) is 8. The van der Waals surface area contributed by atoms with Crippen LogP contribution in [0.3, 0.4) is 0 Å². The van der Waals surface area contributed by atoms with Crippen molar-refractivity contribution in [1.29, 1.82) is 0 Å². The Balaban J connectivity index is 0.000000140. The van der Waals surface area contributed by atoms with Gasteiger partial charge >= 0.3 is 0 Å². The first-order valence-electron chi connectivity index (χ1n) is 6.87. The van der Waals surface area contributed by atoms with Gasteiger partial charge in [-0.25, -0.2) is 4.98 Å². The minimum Gasteiger partial charge on any atom is -0.471 e. The first-order chi connectivity index (χ1) is 11.2. The molecule has 0 aromatic carbocycles. The summed E-state index contributed by atoms with van der Waals surface area (Å²) in [4.78, 5) is 19.7. The number of oxime groups is 1. The highest BCUT2D eigenvalue weighted by Crippen LogP contribution is 2.25. The third kappa shape index (κ3) is 2.96. The maximum atomic E-state index is 10.9. The van der Waals surface area contributed by atoms with Crippen LogP contribution in [-0.4, -0.2) is 47.0 Å². The molecule has 0 spiro atoms. The van der Waals surface area contributed by atoms with E-state index >= 15 is 0 Å². The maximum absolute atomic E-state index is 10.9. The molecule has 8 nitrogen and oxygen atoms in total. The molecule has 2 aromatic heterocycles. The summed E-state index contributed by atoms with van der Waals surface area (Å²) >= 11 is 0. The number of hydrogen-bond donors (Lipinski definition) is 0. The molecule has 0 fully saturated rings. The average molecular weight is 314 g/mol. The van der Waals surface area contributed by atoms with Gasteiger partial charge < -0.3 is 14.3 Å². The molecule has 23 heavy (non-hydrogen) atoms. The molecule has 4 rings (SSSR count). The highest BCUT2D eigenvalue weighted by molar-refractivity contribution is 6.06. The molecule has 2 aromatic rings. The zero-order chi connectivity index (χ0) is 16.2. The number of carbonyl (C=O) groups excluding carboxylic acids is 1. The SMILES string of the molecule is CON=C1COc2nccc(C)c21.O=C1COc2nnccc21. The van der Waals surface area contributed by atoms with Crippen LogP contribution in [0.4, 0.5) is 0 Å². The van der Waals surface area contributed by atoms with Crippen LogP contribution < -0.4 is 9.47 Å². The summed E-state index contributed by atoms with van der Waals surface area (Å²) in [6.45, 7) is 2.55. The van der Waals surface area contributed by atoms with Crippen LogP contribution in [0.25, 0.3) is 0 Å². The lowest BCUT2D eigenvalue weighted by atomic mass is 10.1. The Morgan fingerprint density at radius 2 is 2.00 bits per heavy atom. The van der Waals surface area contributed by atoms with Gasteiger partial charge in [-0.2, -0.15) is 5.10 Å². The molecule has 2 aliphatic rings. The third-order valence-corrected chi connectivity index (χ3v) is 3.29. The average Bonchev–Trinajstić information content (AvgIpc) is 3.14. The Morgan fingerprint density at radius 1 is 1.17 bits per heavy atom. The number of rotatable bonds is 1. The first kappa shape index (κ1) is 14.9. The molecule has 0 unspecified atom stereocenters. The Labute approximate surface area is 132 Å². The fourth-order valence-corrected chi connectivity index (χ4v) is 2.23. The summed E-state index contributed by atoms with van der Waals surface area (Å²) in [5.41, 5.74) is 3.42. The van der Waals surface area contributed by atoms with E-state index in [4.69, 9.17) is 14.3 Å². The number of aromatic nitrogens is 3. The Hall–Kier alpha value is -3.03. The van der Waals surface area contributed by atoms with E-state index in [0.717, 1.165) is 16.8 Å². The number of nitrogens with zero attached hydrogens (tertiary/aromatic N) is 4. The van der Waals surface area contributed by atoms with E-state index in [9.17, 15) is 4.79 Å². The van der Waals surface area contributed by atoms with Crippen LogP contribution in [0, 0.1) is 6.92 Å².